The van der Waals surface area contributed by atoms with Crippen molar-refractivity contribution in [2.75, 3.05) is 21.7 Å². The molecule has 21 nitrogen and oxygen atoms in total. The number of nitrogen functional groups attached to an aromatic ring is 1. The van der Waals surface area contributed by atoms with Crippen LogP contribution in [0.1, 0.15) is 54.7 Å². The first-order valence-corrected chi connectivity index (χ1v) is 23.9. The molecule has 0 atom stereocenters. The van der Waals surface area contributed by atoms with Gasteiger partial charge in [0.25, 0.3) is 5.56 Å². The third kappa shape index (κ3) is 21.2. The molecule has 0 aliphatic carbocycles. The van der Waals surface area contributed by atoms with E-state index in [-0.39, 0.29) is 84.1 Å². The average Bonchev–Trinajstić information content (AvgIpc) is 3.41. The number of aliphatic imine (C=N–C) groups is 1. The van der Waals surface area contributed by atoms with Crippen molar-refractivity contribution < 1.29 is 45.6 Å². The van der Waals surface area contributed by atoms with Crippen LogP contribution in [0.2, 0.25) is 10.3 Å². The smallest absolute Gasteiger partial charge is 1.00 e. The molecule has 9 N–H and O–H groups in total. The molecule has 26 heteroatoms. The Kier molecular flexibility index (Phi) is 27.9. The molecule has 394 valence electrons. The number of aromatic hydroxyl groups is 1. The van der Waals surface area contributed by atoms with Crippen LogP contribution in [0.25, 0.3) is 0 Å². The minimum Gasteiger partial charge on any atom is -1.00 e. The number of hydrogen-bond donors (Lipinski definition) is 7. The summed E-state index contributed by atoms with van der Waals surface area (Å²) in [5, 5.41) is 62.2. The molecule has 3 aromatic heterocycles. The van der Waals surface area contributed by atoms with Crippen LogP contribution in [-0.2, 0) is 4.79 Å². The zero-order chi connectivity index (χ0) is 56.6. The summed E-state index contributed by atoms with van der Waals surface area (Å²) in [6.07, 6.45) is 0. The van der Waals surface area contributed by atoms with Gasteiger partial charge in [-0.15, -0.1) is 0 Å². The molecule has 0 radical (unpaired) electrons. The molecule has 8 aromatic rings. The molecule has 0 saturated heterocycles. The summed E-state index contributed by atoms with van der Waals surface area (Å²) >= 11 is 18.3. The van der Waals surface area contributed by atoms with Gasteiger partial charge >= 0.3 is 29.6 Å². The summed E-state index contributed by atoms with van der Waals surface area (Å²) in [5.41, 5.74) is 18.3. The summed E-state index contributed by atoms with van der Waals surface area (Å²) in [5.74, 6) is 1.90. The fourth-order valence-electron chi connectivity index (χ4n) is 5.89. The van der Waals surface area contributed by atoms with Crippen molar-refractivity contribution in [2.45, 2.75) is 28.2 Å². The van der Waals surface area contributed by atoms with Crippen LogP contribution in [0.15, 0.2) is 134 Å². The van der Waals surface area contributed by atoms with E-state index in [9.17, 15) is 4.79 Å². The standard InChI is InChI=1S/C20H15BrN6O.C11H5BrCl2N4.C11H8N4O2.C9H9N3.CH2O.CH4.Na.H/c1-11-7-14(10-23)8-12(2)17(11)28-19-16(21)18(24)26-20(27-19)25-15-5-3-13(9-22)4-6-15;12-8-9(13)17-11(18-10(8)14)16-7-3-1-6(5-15)2-4-7;12-6-7-1-3-8(4-2-7)13-11-14-9(16)5-10(17)15-11;1-7(11)12-9-4-2-8(6-10)3-5-9;1-2;;;/h3-8H,1-2H3,(H3,24,25,26,27);1-4H,(H,16,17,18);1-5H,(H3,13,14,15,16,17);2-5H,1H3,(H2,11,12);1H2;1H4;;/q;;;;;;+1;-1. The number of nitrogens with zero attached hydrogens (tertiary/aromatic N) is 11. The van der Waals surface area contributed by atoms with E-state index in [0.717, 1.165) is 28.6 Å². The number of nitrogens with one attached hydrogen (secondary N) is 4. The SMILES string of the molecule is C.C=O.CC(N)=Nc1ccc(C#N)cc1.Cc1cc(C#N)cc(C)c1Oc1nc(Nc2ccc(C#N)cc2)nc(N)c1Br.N#Cc1ccc(Nc2nc(Cl)c(Br)c(Cl)n2)cc1.N#Cc1ccc(Nc2nc(O)cc(=O)[nH]2)cc1.[H-].[Na+]. The monoisotopic (exact) mass is 1230 g/mol. The Balaban J connectivity index is 0.000000543. The summed E-state index contributed by atoms with van der Waals surface area (Å²) < 4.78 is 6.88. The first-order chi connectivity index (χ1) is 36.9. The fraction of sp³-hybridized carbons (Fsp3) is 0.0755. The summed E-state index contributed by atoms with van der Waals surface area (Å²) in [6.45, 7) is 7.44. The number of halogens is 4. The molecule has 8 rings (SSSR count). The van der Waals surface area contributed by atoms with Crippen LogP contribution in [0.4, 0.5) is 46.4 Å². The van der Waals surface area contributed by atoms with Gasteiger partial charge in [-0.2, -0.15) is 51.2 Å². The van der Waals surface area contributed by atoms with Crippen LogP contribution in [0.3, 0.4) is 0 Å². The van der Waals surface area contributed by atoms with Gasteiger partial charge in [0, 0.05) is 17.1 Å². The molecule has 0 saturated carbocycles. The third-order valence-corrected chi connectivity index (χ3v) is 11.8. The first kappa shape index (κ1) is 66.2. The van der Waals surface area contributed by atoms with E-state index in [1.165, 1.54) is 0 Å². The summed E-state index contributed by atoms with van der Waals surface area (Å²) in [7, 11) is 0. The van der Waals surface area contributed by atoms with Crippen LogP contribution in [0.5, 0.6) is 17.5 Å². The van der Waals surface area contributed by atoms with Gasteiger partial charge in [0.1, 0.15) is 33.1 Å². The molecule has 0 fully saturated rings. The second-order valence-corrected chi connectivity index (χ2v) is 17.3. The normalized spacial score (nSPS) is 9.57. The van der Waals surface area contributed by atoms with Crippen LogP contribution in [-0.4, -0.2) is 47.6 Å². The second-order valence-electron chi connectivity index (χ2n) is 15.0. The Bertz CT molecular complexity index is 3630. The largest absolute Gasteiger partial charge is 1.00 e. The van der Waals surface area contributed by atoms with Gasteiger partial charge in [-0.3, -0.25) is 9.78 Å². The number of anilines is 7. The predicted octanol–water partition coefficient (Wildman–Crippen LogP) is 9.10. The molecular weight excluding hydrogens is 1190 g/mol. The second kappa shape index (κ2) is 33.3. The molecule has 0 aliphatic rings. The number of amidine groups is 1. The molecule has 5 aromatic carbocycles. The van der Waals surface area contributed by atoms with Crippen molar-refractivity contribution in [3.8, 4) is 47.9 Å². The number of benzene rings is 5. The Hall–Kier alpha value is -8.93. The van der Waals surface area contributed by atoms with E-state index in [4.69, 9.17) is 75.6 Å². The topological polar surface area (TPSA) is 363 Å². The van der Waals surface area contributed by atoms with Gasteiger partial charge < -0.3 is 43.5 Å². The number of ether oxygens (including phenoxy) is 1. The molecule has 0 bridgehead atoms. The van der Waals surface area contributed by atoms with E-state index < -0.39 is 5.56 Å². The van der Waals surface area contributed by atoms with Crippen LogP contribution in [0, 0.1) is 70.5 Å². The number of aromatic nitrogens is 6. The van der Waals surface area contributed by atoms with E-state index in [2.05, 4.69) is 94.8 Å². The number of nitrogens with two attached hydrogens (primary N) is 2. The van der Waals surface area contributed by atoms with Crippen molar-refractivity contribution in [3.05, 3.63) is 184 Å². The van der Waals surface area contributed by atoms with Crippen molar-refractivity contribution in [2.24, 2.45) is 10.7 Å². The molecule has 0 spiro atoms. The zero-order valence-corrected chi connectivity index (χ0v) is 48.1. The maximum Gasteiger partial charge on any atom is 1.00 e. The van der Waals surface area contributed by atoms with Crippen molar-refractivity contribution in [1.29, 1.82) is 26.3 Å². The van der Waals surface area contributed by atoms with Crippen LogP contribution >= 0.6 is 55.1 Å². The Labute approximate surface area is 504 Å². The van der Waals surface area contributed by atoms with Gasteiger partial charge in [-0.1, -0.05) is 30.6 Å². The number of rotatable bonds is 9. The molecule has 79 heavy (non-hydrogen) atoms. The van der Waals surface area contributed by atoms with E-state index in [1.807, 2.05) is 38.8 Å². The number of carbonyl (C=O) groups excluding carboxylic acids is 1. The maximum absolute atomic E-state index is 11.1. The van der Waals surface area contributed by atoms with Crippen LogP contribution < -0.4 is 67.3 Å². The number of nitriles is 5. The minimum atomic E-state index is -0.450. The summed E-state index contributed by atoms with van der Waals surface area (Å²) in [4.78, 5) is 45.8. The summed E-state index contributed by atoms with van der Waals surface area (Å²) in [6, 6.07) is 42.0. The average molecular weight is 1240 g/mol. The number of carbonyl (C=O) groups is 1. The number of aromatic amines is 1. The van der Waals surface area contributed by atoms with Gasteiger partial charge in [-0.25, -0.2) is 4.99 Å². The Morgan fingerprint density at radius 1 is 0.658 bits per heavy atom. The molecule has 0 aliphatic heterocycles. The predicted molar refractivity (Wildman–Crippen MR) is 308 cm³/mol. The Morgan fingerprint density at radius 2 is 1.05 bits per heavy atom. The van der Waals surface area contributed by atoms with Crippen molar-refractivity contribution >= 4 is 114 Å². The number of hydrogen-bond acceptors (Lipinski definition) is 19. The number of aryl methyl sites for hydroxylation is 2. The van der Waals surface area contributed by atoms with Gasteiger partial charge in [-0.05, 0) is 173 Å². The maximum atomic E-state index is 11.1. The fourth-order valence-corrected chi connectivity index (χ4v) is 6.71. The van der Waals surface area contributed by atoms with E-state index in [0.29, 0.717) is 59.7 Å². The molecule has 3 heterocycles. The Morgan fingerprint density at radius 3 is 1.44 bits per heavy atom. The van der Waals surface area contributed by atoms with E-state index in [1.54, 1.807) is 116 Å². The first-order valence-electron chi connectivity index (χ1n) is 21.5. The van der Waals surface area contributed by atoms with Crippen molar-refractivity contribution in [3.63, 3.8) is 0 Å². The van der Waals surface area contributed by atoms with Gasteiger partial charge in [0.05, 0.1) is 80.2 Å². The van der Waals surface area contributed by atoms with Crippen molar-refractivity contribution in [1.82, 2.24) is 29.9 Å². The van der Waals surface area contributed by atoms with Gasteiger partial charge in [0.2, 0.25) is 29.6 Å². The molecule has 0 amide bonds. The quantitative estimate of drug-likeness (QED) is 0.0306. The number of H-pyrrole nitrogens is 1. The minimum absolute atomic E-state index is 0. The molecule has 0 unspecified atom stereocenters. The molecular formula is C53H44Br2Cl2N17NaO4. The third-order valence-electron chi connectivity index (χ3n) is 9.25. The van der Waals surface area contributed by atoms with E-state index >= 15 is 0 Å². The van der Waals surface area contributed by atoms with Gasteiger partial charge in [0.15, 0.2) is 0 Å². The zero-order valence-electron chi connectivity index (χ0n) is 42.4.